The van der Waals surface area contributed by atoms with Crippen LogP contribution in [0, 0.1) is 0 Å². The Morgan fingerprint density at radius 1 is 0.897 bits per heavy atom. The fraction of sp³-hybridized carbons (Fsp3) is 0.391. The zero-order valence-corrected chi connectivity index (χ0v) is 16.6. The van der Waals surface area contributed by atoms with Gasteiger partial charge in [-0.1, -0.05) is 30.3 Å². The summed E-state index contributed by atoms with van der Waals surface area (Å²) in [6, 6.07) is 17.8. The van der Waals surface area contributed by atoms with Crippen molar-refractivity contribution in [2.75, 3.05) is 44.2 Å². The number of hydrogen-bond donors (Lipinski definition) is 0. The number of nitrogens with zero attached hydrogens (tertiary/aromatic N) is 3. The van der Waals surface area contributed by atoms with Gasteiger partial charge in [-0.15, -0.1) is 0 Å². The van der Waals surface area contributed by atoms with E-state index >= 15 is 0 Å². The van der Waals surface area contributed by atoms with Gasteiger partial charge in [-0.25, -0.2) is 0 Å². The molecule has 2 amide bonds. The molecule has 6 heteroatoms. The van der Waals surface area contributed by atoms with Crippen molar-refractivity contribution in [2.24, 2.45) is 0 Å². The summed E-state index contributed by atoms with van der Waals surface area (Å²) in [6.07, 6.45) is 1.52. The van der Waals surface area contributed by atoms with Crippen LogP contribution in [0.25, 0.3) is 0 Å². The third kappa shape index (κ3) is 4.95. The Balaban J connectivity index is 1.21. The maximum atomic E-state index is 12.5. The van der Waals surface area contributed by atoms with Gasteiger partial charge >= 0.3 is 0 Å². The van der Waals surface area contributed by atoms with E-state index in [2.05, 4.69) is 29.2 Å². The van der Waals surface area contributed by atoms with Gasteiger partial charge in [0, 0.05) is 51.4 Å². The second kappa shape index (κ2) is 9.09. The largest absolute Gasteiger partial charge is 0.484 e. The van der Waals surface area contributed by atoms with E-state index in [1.165, 1.54) is 5.56 Å². The normalized spacial score (nSPS) is 17.6. The minimum Gasteiger partial charge on any atom is -0.484 e. The maximum absolute atomic E-state index is 12.5. The smallest absolute Gasteiger partial charge is 0.260 e. The second-order valence-electron chi connectivity index (χ2n) is 7.57. The van der Waals surface area contributed by atoms with Gasteiger partial charge in [0.1, 0.15) is 5.75 Å². The minimum atomic E-state index is 0.0168. The van der Waals surface area contributed by atoms with Crippen LogP contribution in [0.3, 0.4) is 0 Å². The van der Waals surface area contributed by atoms with Crippen molar-refractivity contribution >= 4 is 17.5 Å². The van der Waals surface area contributed by atoms with Crippen LogP contribution in [0.15, 0.2) is 54.6 Å². The van der Waals surface area contributed by atoms with Crippen LogP contribution in [0.5, 0.6) is 5.75 Å². The second-order valence-corrected chi connectivity index (χ2v) is 7.57. The first-order valence-corrected chi connectivity index (χ1v) is 10.3. The average molecular weight is 393 g/mol. The average Bonchev–Trinajstić information content (AvgIpc) is 3.19. The molecule has 0 atom stereocenters. The van der Waals surface area contributed by atoms with Crippen LogP contribution >= 0.6 is 0 Å². The topological polar surface area (TPSA) is 53.1 Å². The van der Waals surface area contributed by atoms with Crippen molar-refractivity contribution in [2.45, 2.75) is 19.4 Å². The molecule has 2 heterocycles. The predicted molar refractivity (Wildman–Crippen MR) is 112 cm³/mol. The fourth-order valence-electron chi connectivity index (χ4n) is 3.88. The first-order valence-electron chi connectivity index (χ1n) is 10.3. The van der Waals surface area contributed by atoms with Gasteiger partial charge in [0.2, 0.25) is 5.91 Å². The summed E-state index contributed by atoms with van der Waals surface area (Å²) in [5.74, 6) is 0.833. The summed E-state index contributed by atoms with van der Waals surface area (Å²) >= 11 is 0. The van der Waals surface area contributed by atoms with Gasteiger partial charge in [-0.3, -0.25) is 14.5 Å². The Morgan fingerprint density at radius 3 is 2.28 bits per heavy atom. The molecule has 0 radical (unpaired) electrons. The summed E-state index contributed by atoms with van der Waals surface area (Å²) in [7, 11) is 0. The predicted octanol–water partition coefficient (Wildman–Crippen LogP) is 2.54. The summed E-state index contributed by atoms with van der Waals surface area (Å²) in [6.45, 7) is 4.94. The molecule has 2 fully saturated rings. The summed E-state index contributed by atoms with van der Waals surface area (Å²) in [5, 5.41) is 0. The molecule has 0 saturated carbocycles. The van der Waals surface area contributed by atoms with Crippen LogP contribution in [0.2, 0.25) is 0 Å². The Bertz CT molecular complexity index is 830. The molecule has 29 heavy (non-hydrogen) atoms. The van der Waals surface area contributed by atoms with Crippen LogP contribution < -0.4 is 9.64 Å². The number of hydrogen-bond acceptors (Lipinski definition) is 4. The molecule has 0 bridgehead atoms. The minimum absolute atomic E-state index is 0.0168. The zero-order chi connectivity index (χ0) is 20.1. The molecule has 2 aliphatic heterocycles. The molecule has 2 aromatic carbocycles. The lowest BCUT2D eigenvalue weighted by atomic mass is 10.2. The summed E-state index contributed by atoms with van der Waals surface area (Å²) in [5.41, 5.74) is 2.19. The lowest BCUT2D eigenvalue weighted by Crippen LogP contribution is -2.49. The molecule has 0 N–H and O–H groups in total. The number of anilines is 1. The molecular weight excluding hydrogens is 366 g/mol. The number of carbonyl (C=O) groups excluding carboxylic acids is 2. The lowest BCUT2D eigenvalue weighted by molar-refractivity contribution is -0.135. The van der Waals surface area contributed by atoms with Gasteiger partial charge in [-0.2, -0.15) is 0 Å². The van der Waals surface area contributed by atoms with E-state index in [1.807, 2.05) is 35.2 Å². The lowest BCUT2D eigenvalue weighted by Gasteiger charge is -2.34. The van der Waals surface area contributed by atoms with E-state index in [-0.39, 0.29) is 18.4 Å². The molecule has 4 rings (SSSR count). The molecule has 0 aliphatic carbocycles. The third-order valence-electron chi connectivity index (χ3n) is 5.56. The highest BCUT2D eigenvalue weighted by molar-refractivity contribution is 5.95. The fourth-order valence-corrected chi connectivity index (χ4v) is 3.88. The van der Waals surface area contributed by atoms with E-state index in [0.29, 0.717) is 12.2 Å². The summed E-state index contributed by atoms with van der Waals surface area (Å²) in [4.78, 5) is 30.3. The molecule has 2 saturated heterocycles. The van der Waals surface area contributed by atoms with Crippen LogP contribution in [-0.2, 0) is 16.1 Å². The molecule has 0 spiro atoms. The maximum Gasteiger partial charge on any atom is 0.260 e. The van der Waals surface area contributed by atoms with E-state index in [9.17, 15) is 9.59 Å². The number of piperazine rings is 1. The highest BCUT2D eigenvalue weighted by Crippen LogP contribution is 2.24. The van der Waals surface area contributed by atoms with Crippen molar-refractivity contribution in [3.05, 3.63) is 60.2 Å². The number of benzene rings is 2. The quantitative estimate of drug-likeness (QED) is 0.757. The Hall–Kier alpha value is -2.86. The zero-order valence-electron chi connectivity index (χ0n) is 16.6. The number of ether oxygens (including phenoxy) is 1. The van der Waals surface area contributed by atoms with Crippen molar-refractivity contribution in [1.29, 1.82) is 0 Å². The molecule has 6 nitrogen and oxygen atoms in total. The van der Waals surface area contributed by atoms with E-state index in [1.54, 1.807) is 4.90 Å². The van der Waals surface area contributed by atoms with Crippen molar-refractivity contribution in [3.63, 3.8) is 0 Å². The van der Waals surface area contributed by atoms with Crippen molar-refractivity contribution < 1.29 is 14.3 Å². The number of rotatable bonds is 6. The SMILES string of the molecule is O=C(COc1ccc(N2CCCC2=O)cc1)N1CCN(Cc2ccccc2)CC1. The van der Waals surface area contributed by atoms with Crippen LogP contribution in [-0.4, -0.2) is 60.9 Å². The van der Waals surface area contributed by atoms with Crippen LogP contribution in [0.4, 0.5) is 5.69 Å². The number of amides is 2. The molecular formula is C23H27N3O3. The molecule has 0 aromatic heterocycles. The van der Waals surface area contributed by atoms with Gasteiger partial charge in [0.25, 0.3) is 5.91 Å². The van der Waals surface area contributed by atoms with E-state index < -0.39 is 0 Å². The Kier molecular flexibility index (Phi) is 6.10. The van der Waals surface area contributed by atoms with Crippen molar-refractivity contribution in [3.8, 4) is 5.75 Å². The van der Waals surface area contributed by atoms with Crippen LogP contribution in [0.1, 0.15) is 18.4 Å². The van der Waals surface area contributed by atoms with Gasteiger partial charge < -0.3 is 14.5 Å². The standard InChI is InChI=1S/C23H27N3O3/c27-22-7-4-12-26(22)20-8-10-21(11-9-20)29-18-23(28)25-15-13-24(14-16-25)17-19-5-2-1-3-6-19/h1-3,5-6,8-11H,4,7,12-18H2. The highest BCUT2D eigenvalue weighted by atomic mass is 16.5. The van der Waals surface area contributed by atoms with E-state index in [4.69, 9.17) is 4.74 Å². The number of carbonyl (C=O) groups is 2. The molecule has 2 aliphatic rings. The highest BCUT2D eigenvalue weighted by Gasteiger charge is 2.23. The molecule has 0 unspecified atom stereocenters. The van der Waals surface area contributed by atoms with Crippen molar-refractivity contribution in [1.82, 2.24) is 9.80 Å². The molecule has 152 valence electrons. The van der Waals surface area contributed by atoms with Gasteiger partial charge in [-0.05, 0) is 36.2 Å². The van der Waals surface area contributed by atoms with E-state index in [0.717, 1.165) is 51.4 Å². The Morgan fingerprint density at radius 2 is 1.62 bits per heavy atom. The summed E-state index contributed by atoms with van der Waals surface area (Å²) < 4.78 is 5.68. The Labute approximate surface area is 171 Å². The third-order valence-corrected chi connectivity index (χ3v) is 5.56. The monoisotopic (exact) mass is 393 g/mol. The molecule has 2 aromatic rings. The van der Waals surface area contributed by atoms with Gasteiger partial charge in [0.05, 0.1) is 0 Å². The first kappa shape index (κ1) is 19.5. The van der Waals surface area contributed by atoms with Gasteiger partial charge in [0.15, 0.2) is 6.61 Å². The first-order chi connectivity index (χ1) is 14.2.